The van der Waals surface area contributed by atoms with Gasteiger partial charge in [-0.3, -0.25) is 10.1 Å². The fraction of sp³-hybridized carbons (Fsp3) is 0.0500. The summed E-state index contributed by atoms with van der Waals surface area (Å²) in [5.74, 6) is -0.167. The minimum absolute atomic E-state index is 0.0659. The third-order valence-electron chi connectivity index (χ3n) is 3.91. The van der Waals surface area contributed by atoms with Crippen LogP contribution in [0.2, 0.25) is 0 Å². The summed E-state index contributed by atoms with van der Waals surface area (Å²) < 4.78 is 0. The van der Waals surface area contributed by atoms with E-state index in [0.29, 0.717) is 17.5 Å². The lowest BCUT2D eigenvalue weighted by atomic mass is 9.95. The first-order chi connectivity index (χ1) is 12.1. The monoisotopic (exact) mass is 330 g/mol. The summed E-state index contributed by atoms with van der Waals surface area (Å²) in [4.78, 5) is 10.5. The molecule has 0 aliphatic rings. The highest BCUT2D eigenvalue weighted by molar-refractivity contribution is 5.75. The summed E-state index contributed by atoms with van der Waals surface area (Å²) in [6, 6.07) is 21.2. The number of phenols is 1. The minimum Gasteiger partial charge on any atom is -0.506 e. The van der Waals surface area contributed by atoms with Crippen molar-refractivity contribution in [1.82, 2.24) is 0 Å². The molecule has 0 bridgehead atoms. The van der Waals surface area contributed by atoms with E-state index in [0.717, 1.165) is 11.1 Å². The predicted molar refractivity (Wildman–Crippen MR) is 94.2 cm³/mol. The second-order valence-electron chi connectivity index (χ2n) is 5.62. The Morgan fingerprint density at radius 2 is 1.76 bits per heavy atom. The van der Waals surface area contributed by atoms with Crippen LogP contribution in [0.5, 0.6) is 5.75 Å². The number of benzene rings is 3. The van der Waals surface area contributed by atoms with Crippen LogP contribution in [0.4, 0.5) is 5.69 Å². The van der Waals surface area contributed by atoms with E-state index in [4.69, 9.17) is 0 Å². The number of nitriles is 1. The second-order valence-corrected chi connectivity index (χ2v) is 5.62. The van der Waals surface area contributed by atoms with Crippen LogP contribution in [0.15, 0.2) is 66.7 Å². The van der Waals surface area contributed by atoms with Crippen molar-refractivity contribution in [3.63, 3.8) is 0 Å². The number of phenolic OH excluding ortho intramolecular Hbond substituents is 1. The van der Waals surface area contributed by atoms with E-state index < -0.39 is 4.92 Å². The molecule has 0 spiro atoms. The van der Waals surface area contributed by atoms with E-state index in [1.165, 1.54) is 12.1 Å². The van der Waals surface area contributed by atoms with E-state index in [1.54, 1.807) is 24.3 Å². The van der Waals surface area contributed by atoms with Crippen LogP contribution in [0.25, 0.3) is 11.1 Å². The summed E-state index contributed by atoms with van der Waals surface area (Å²) in [6.07, 6.45) is 0.595. The molecule has 25 heavy (non-hydrogen) atoms. The number of nitro benzene ring substituents is 1. The van der Waals surface area contributed by atoms with Crippen LogP contribution in [0.3, 0.4) is 0 Å². The first-order valence-corrected chi connectivity index (χ1v) is 7.63. The van der Waals surface area contributed by atoms with E-state index in [1.807, 2.05) is 36.4 Å². The highest BCUT2D eigenvalue weighted by atomic mass is 16.6. The molecule has 0 aromatic heterocycles. The van der Waals surface area contributed by atoms with E-state index >= 15 is 0 Å². The molecule has 122 valence electrons. The zero-order valence-corrected chi connectivity index (χ0v) is 13.2. The van der Waals surface area contributed by atoms with Gasteiger partial charge in [-0.1, -0.05) is 42.5 Å². The second kappa shape index (κ2) is 6.85. The molecule has 0 saturated carbocycles. The highest BCUT2D eigenvalue weighted by Crippen LogP contribution is 2.35. The molecule has 0 aliphatic carbocycles. The standard InChI is InChI=1S/C20H14N2O3/c21-13-17-10-15(9-14-5-2-1-3-6-14)11-19(20(17)23)16-7-4-8-18(12-16)22(24)25/h1-8,10-12,23H,9H2. The third-order valence-corrected chi connectivity index (χ3v) is 3.91. The molecule has 0 unspecified atom stereocenters. The number of hydrogen-bond donors (Lipinski definition) is 1. The van der Waals surface area contributed by atoms with Crippen molar-refractivity contribution in [1.29, 1.82) is 5.26 Å². The van der Waals surface area contributed by atoms with E-state index in [9.17, 15) is 20.5 Å². The molecule has 0 amide bonds. The van der Waals surface area contributed by atoms with Crippen molar-refractivity contribution in [3.05, 3.63) is 93.5 Å². The molecule has 5 nitrogen and oxygen atoms in total. The van der Waals surface area contributed by atoms with Crippen LogP contribution in [-0.2, 0) is 6.42 Å². The Morgan fingerprint density at radius 3 is 2.44 bits per heavy atom. The number of aromatic hydroxyl groups is 1. The maximum absolute atomic E-state index is 11.0. The van der Waals surface area contributed by atoms with Crippen molar-refractivity contribution in [2.24, 2.45) is 0 Å². The maximum atomic E-state index is 11.0. The molecule has 0 atom stereocenters. The Bertz CT molecular complexity index is 976. The van der Waals surface area contributed by atoms with Crippen LogP contribution >= 0.6 is 0 Å². The van der Waals surface area contributed by atoms with Gasteiger partial charge in [-0.15, -0.1) is 0 Å². The summed E-state index contributed by atoms with van der Waals surface area (Å²) in [5, 5.41) is 30.7. The molecule has 3 aromatic rings. The van der Waals surface area contributed by atoms with E-state index in [-0.39, 0.29) is 17.0 Å². The first-order valence-electron chi connectivity index (χ1n) is 7.63. The topological polar surface area (TPSA) is 87.2 Å². The van der Waals surface area contributed by atoms with Gasteiger partial charge in [0, 0.05) is 17.7 Å². The molecular formula is C20H14N2O3. The van der Waals surface area contributed by atoms with Gasteiger partial charge in [0.2, 0.25) is 0 Å². The quantitative estimate of drug-likeness (QED) is 0.566. The Hall–Kier alpha value is -3.65. The Morgan fingerprint density at radius 1 is 1.00 bits per heavy atom. The summed E-state index contributed by atoms with van der Waals surface area (Å²) in [7, 11) is 0. The van der Waals surface area contributed by atoms with Crippen molar-refractivity contribution in [3.8, 4) is 22.9 Å². The minimum atomic E-state index is -0.487. The van der Waals surface area contributed by atoms with Crippen molar-refractivity contribution in [2.75, 3.05) is 0 Å². The molecule has 1 N–H and O–H groups in total. The Balaban J connectivity index is 2.10. The number of non-ortho nitro benzene ring substituents is 1. The van der Waals surface area contributed by atoms with Crippen LogP contribution < -0.4 is 0 Å². The van der Waals surface area contributed by atoms with Gasteiger partial charge in [0.25, 0.3) is 5.69 Å². The van der Waals surface area contributed by atoms with Crippen LogP contribution in [0, 0.1) is 21.4 Å². The van der Waals surface area contributed by atoms with Crippen molar-refractivity contribution in [2.45, 2.75) is 6.42 Å². The van der Waals surface area contributed by atoms with Crippen LogP contribution in [-0.4, -0.2) is 10.0 Å². The van der Waals surface area contributed by atoms with Gasteiger partial charge in [-0.2, -0.15) is 5.26 Å². The van der Waals surface area contributed by atoms with Crippen LogP contribution in [0.1, 0.15) is 16.7 Å². The third kappa shape index (κ3) is 3.48. The molecule has 0 aliphatic heterocycles. The predicted octanol–water partition coefficient (Wildman–Crippen LogP) is 4.43. The molecular weight excluding hydrogens is 316 g/mol. The lowest BCUT2D eigenvalue weighted by molar-refractivity contribution is -0.384. The molecule has 0 saturated heterocycles. The SMILES string of the molecule is N#Cc1cc(Cc2ccccc2)cc(-c2cccc([N+](=O)[O-])c2)c1O. The average Bonchev–Trinajstić information content (AvgIpc) is 2.64. The smallest absolute Gasteiger partial charge is 0.270 e. The van der Waals surface area contributed by atoms with Gasteiger partial charge in [-0.25, -0.2) is 0 Å². The summed E-state index contributed by atoms with van der Waals surface area (Å²) in [6.45, 7) is 0. The molecule has 3 rings (SSSR count). The lowest BCUT2D eigenvalue weighted by Gasteiger charge is -2.10. The van der Waals surface area contributed by atoms with Gasteiger partial charge in [-0.05, 0) is 35.2 Å². The molecule has 0 heterocycles. The Labute approximate surface area is 144 Å². The molecule has 3 aromatic carbocycles. The molecule has 5 heteroatoms. The Kier molecular flexibility index (Phi) is 4.44. The highest BCUT2D eigenvalue weighted by Gasteiger charge is 2.14. The molecule has 0 radical (unpaired) electrons. The van der Waals surface area contributed by atoms with Gasteiger partial charge in [0.05, 0.1) is 10.5 Å². The largest absolute Gasteiger partial charge is 0.506 e. The fourth-order valence-electron chi connectivity index (χ4n) is 2.72. The number of hydrogen-bond acceptors (Lipinski definition) is 4. The van der Waals surface area contributed by atoms with Gasteiger partial charge >= 0.3 is 0 Å². The van der Waals surface area contributed by atoms with E-state index in [2.05, 4.69) is 0 Å². The fourth-order valence-corrected chi connectivity index (χ4v) is 2.72. The van der Waals surface area contributed by atoms with Crippen molar-refractivity contribution >= 4 is 5.69 Å². The maximum Gasteiger partial charge on any atom is 0.270 e. The normalized spacial score (nSPS) is 10.2. The summed E-state index contributed by atoms with van der Waals surface area (Å²) in [5.41, 5.74) is 2.91. The lowest BCUT2D eigenvalue weighted by Crippen LogP contribution is -1.93. The zero-order valence-electron chi connectivity index (χ0n) is 13.2. The number of nitro groups is 1. The van der Waals surface area contributed by atoms with Gasteiger partial charge < -0.3 is 5.11 Å². The average molecular weight is 330 g/mol. The summed E-state index contributed by atoms with van der Waals surface area (Å²) >= 11 is 0. The van der Waals surface area contributed by atoms with Gasteiger partial charge in [0.15, 0.2) is 0 Å². The van der Waals surface area contributed by atoms with Crippen molar-refractivity contribution < 1.29 is 10.0 Å². The van der Waals surface area contributed by atoms with Gasteiger partial charge in [0.1, 0.15) is 11.8 Å². The first kappa shape index (κ1) is 16.2. The zero-order chi connectivity index (χ0) is 17.8. The number of nitrogens with zero attached hydrogens (tertiary/aromatic N) is 2. The number of rotatable bonds is 4. The molecule has 0 fully saturated rings.